The number of nitrogens with zero attached hydrogens (tertiary/aromatic N) is 2. The number of fused-ring (bicyclic) bond motifs is 1. The molecule has 3 rings (SSSR count). The molecule has 0 aliphatic carbocycles. The fourth-order valence-electron chi connectivity index (χ4n) is 2.87. The quantitative estimate of drug-likeness (QED) is 0.801. The second-order valence-electron chi connectivity index (χ2n) is 5.95. The first-order valence-corrected chi connectivity index (χ1v) is 8.18. The summed E-state index contributed by atoms with van der Waals surface area (Å²) in [5, 5.41) is 10.2. The van der Waals surface area contributed by atoms with Gasteiger partial charge < -0.3 is 15.0 Å². The summed E-state index contributed by atoms with van der Waals surface area (Å²) in [6.45, 7) is 3.75. The van der Waals surface area contributed by atoms with Crippen LogP contribution in [0, 0.1) is 0 Å². The van der Waals surface area contributed by atoms with E-state index in [4.69, 9.17) is 4.74 Å². The van der Waals surface area contributed by atoms with E-state index < -0.39 is 6.04 Å². The van der Waals surface area contributed by atoms with Crippen molar-refractivity contribution in [3.05, 3.63) is 40.3 Å². The second kappa shape index (κ2) is 7.43. The van der Waals surface area contributed by atoms with Gasteiger partial charge in [-0.1, -0.05) is 18.2 Å². The zero-order valence-corrected chi connectivity index (χ0v) is 13.9. The highest BCUT2D eigenvalue weighted by atomic mass is 16.5. The monoisotopic (exact) mass is 344 g/mol. The number of aromatic amines is 1. The zero-order valence-electron chi connectivity index (χ0n) is 13.9. The van der Waals surface area contributed by atoms with Gasteiger partial charge in [-0.3, -0.25) is 14.4 Å². The maximum Gasteiger partial charge on any atom is 0.272 e. The predicted octanol–water partition coefficient (Wildman–Crippen LogP) is -0.171. The van der Waals surface area contributed by atoms with Crippen molar-refractivity contribution in [1.29, 1.82) is 0 Å². The van der Waals surface area contributed by atoms with Gasteiger partial charge in [0.2, 0.25) is 11.8 Å². The molecule has 25 heavy (non-hydrogen) atoms. The summed E-state index contributed by atoms with van der Waals surface area (Å²) in [6, 6.07) is 6.35. The van der Waals surface area contributed by atoms with Crippen LogP contribution in [0.3, 0.4) is 0 Å². The Morgan fingerprint density at radius 2 is 1.96 bits per heavy atom. The molecule has 1 saturated heterocycles. The minimum absolute atomic E-state index is 0.0158. The molecule has 0 spiro atoms. The van der Waals surface area contributed by atoms with Crippen molar-refractivity contribution < 1.29 is 14.3 Å². The van der Waals surface area contributed by atoms with Gasteiger partial charge in [0.1, 0.15) is 6.04 Å². The Morgan fingerprint density at radius 1 is 1.28 bits per heavy atom. The van der Waals surface area contributed by atoms with Gasteiger partial charge in [-0.25, -0.2) is 5.10 Å². The summed E-state index contributed by atoms with van der Waals surface area (Å²) in [5.41, 5.74) is 0.175. The molecule has 8 heteroatoms. The number of ether oxygens (including phenoxy) is 1. The van der Waals surface area contributed by atoms with E-state index in [-0.39, 0.29) is 23.8 Å². The molecule has 0 radical (unpaired) electrons. The molecule has 2 aromatic rings. The molecular formula is C17H20N4O4. The van der Waals surface area contributed by atoms with Gasteiger partial charge in [-0.15, -0.1) is 0 Å². The first kappa shape index (κ1) is 17.1. The lowest BCUT2D eigenvalue weighted by molar-refractivity contribution is -0.139. The number of morpholine rings is 1. The number of hydrogen-bond donors (Lipinski definition) is 2. The summed E-state index contributed by atoms with van der Waals surface area (Å²) in [4.78, 5) is 38.1. The Labute approximate surface area is 144 Å². The molecule has 8 nitrogen and oxygen atoms in total. The average molecular weight is 344 g/mol. The van der Waals surface area contributed by atoms with Gasteiger partial charge in [0.15, 0.2) is 0 Å². The Bertz CT molecular complexity index is 842. The van der Waals surface area contributed by atoms with Gasteiger partial charge in [0.25, 0.3) is 5.56 Å². The first-order valence-electron chi connectivity index (χ1n) is 8.18. The molecule has 0 unspecified atom stereocenters. The van der Waals surface area contributed by atoms with Crippen molar-refractivity contribution >= 4 is 22.6 Å². The van der Waals surface area contributed by atoms with E-state index in [2.05, 4.69) is 15.5 Å². The van der Waals surface area contributed by atoms with Crippen LogP contribution in [-0.2, 0) is 20.7 Å². The van der Waals surface area contributed by atoms with E-state index in [0.717, 1.165) is 0 Å². The maximum atomic E-state index is 12.3. The maximum absolute atomic E-state index is 12.3. The third kappa shape index (κ3) is 3.85. The summed E-state index contributed by atoms with van der Waals surface area (Å²) in [6.07, 6.45) is -0.0158. The lowest BCUT2D eigenvalue weighted by atomic mass is 10.1. The molecule has 1 fully saturated rings. The first-order chi connectivity index (χ1) is 12.1. The van der Waals surface area contributed by atoms with Crippen LogP contribution in [0.15, 0.2) is 29.1 Å². The van der Waals surface area contributed by atoms with Crippen LogP contribution in [-0.4, -0.2) is 59.3 Å². The highest BCUT2D eigenvalue weighted by Gasteiger charge is 2.24. The van der Waals surface area contributed by atoms with Gasteiger partial charge in [-0.2, -0.15) is 5.10 Å². The van der Waals surface area contributed by atoms with Gasteiger partial charge in [0, 0.05) is 18.5 Å². The summed E-state index contributed by atoms with van der Waals surface area (Å²) in [7, 11) is 0. The van der Waals surface area contributed by atoms with Crippen LogP contribution in [0.2, 0.25) is 0 Å². The van der Waals surface area contributed by atoms with Gasteiger partial charge in [-0.05, 0) is 13.0 Å². The normalized spacial score (nSPS) is 15.8. The Kier molecular flexibility index (Phi) is 5.08. The van der Waals surface area contributed by atoms with E-state index >= 15 is 0 Å². The number of carbonyl (C=O) groups excluding carboxylic acids is 2. The molecule has 0 bridgehead atoms. The standard InChI is InChI=1S/C17H20N4O4/c1-11(17(24)21-6-8-25-9-7-21)18-15(22)10-14-12-4-2-3-5-13(12)16(23)20-19-14/h2-5,11H,6-10H2,1H3,(H,18,22)(H,20,23)/t11-/m1/s1. The fraction of sp³-hybridized carbons (Fsp3) is 0.412. The summed E-state index contributed by atoms with van der Waals surface area (Å²) >= 11 is 0. The van der Waals surface area contributed by atoms with Crippen LogP contribution in [0.25, 0.3) is 10.8 Å². The van der Waals surface area contributed by atoms with Crippen molar-refractivity contribution in [2.45, 2.75) is 19.4 Å². The SMILES string of the molecule is C[C@@H](NC(=O)Cc1n[nH]c(=O)c2ccccc12)C(=O)N1CCOCC1. The second-order valence-corrected chi connectivity index (χ2v) is 5.95. The number of hydrogen-bond acceptors (Lipinski definition) is 5. The molecule has 132 valence electrons. The number of carbonyl (C=O) groups is 2. The van der Waals surface area contributed by atoms with Gasteiger partial charge >= 0.3 is 0 Å². The van der Waals surface area contributed by atoms with E-state index in [9.17, 15) is 14.4 Å². The van der Waals surface area contributed by atoms with E-state index in [0.29, 0.717) is 42.8 Å². The molecule has 1 aromatic heterocycles. The molecule has 1 aliphatic rings. The molecule has 2 amide bonds. The highest BCUT2D eigenvalue weighted by molar-refractivity contribution is 5.91. The van der Waals surface area contributed by atoms with Crippen molar-refractivity contribution in [3.8, 4) is 0 Å². The fourth-order valence-corrected chi connectivity index (χ4v) is 2.87. The summed E-state index contributed by atoms with van der Waals surface area (Å²) < 4.78 is 5.22. The minimum Gasteiger partial charge on any atom is -0.378 e. The largest absolute Gasteiger partial charge is 0.378 e. The molecule has 1 aromatic carbocycles. The number of rotatable bonds is 4. The van der Waals surface area contributed by atoms with Crippen LogP contribution in [0.4, 0.5) is 0 Å². The third-order valence-corrected chi connectivity index (χ3v) is 4.17. The number of amides is 2. The Morgan fingerprint density at radius 3 is 2.68 bits per heavy atom. The van der Waals surface area contributed by atoms with Crippen molar-refractivity contribution in [2.24, 2.45) is 0 Å². The third-order valence-electron chi connectivity index (χ3n) is 4.17. The predicted molar refractivity (Wildman–Crippen MR) is 91.1 cm³/mol. The van der Waals surface area contributed by atoms with E-state index in [1.165, 1.54) is 0 Å². The molecule has 0 saturated carbocycles. The summed E-state index contributed by atoms with van der Waals surface area (Å²) in [5.74, 6) is -0.449. The lowest BCUT2D eigenvalue weighted by Gasteiger charge is -2.29. The van der Waals surface area contributed by atoms with Crippen molar-refractivity contribution in [3.63, 3.8) is 0 Å². The zero-order chi connectivity index (χ0) is 17.8. The van der Waals surface area contributed by atoms with Gasteiger partial charge in [0.05, 0.1) is 30.7 Å². The number of nitrogens with one attached hydrogen (secondary N) is 2. The van der Waals surface area contributed by atoms with Crippen molar-refractivity contribution in [2.75, 3.05) is 26.3 Å². The van der Waals surface area contributed by atoms with Crippen LogP contribution in [0.1, 0.15) is 12.6 Å². The van der Waals surface area contributed by atoms with Crippen LogP contribution < -0.4 is 10.9 Å². The number of H-pyrrole nitrogens is 1. The molecular weight excluding hydrogens is 324 g/mol. The van der Waals surface area contributed by atoms with Crippen LogP contribution in [0.5, 0.6) is 0 Å². The smallest absolute Gasteiger partial charge is 0.272 e. The molecule has 2 N–H and O–H groups in total. The Hall–Kier alpha value is -2.74. The van der Waals surface area contributed by atoms with E-state index in [1.54, 1.807) is 36.1 Å². The average Bonchev–Trinajstić information content (AvgIpc) is 2.64. The van der Waals surface area contributed by atoms with E-state index in [1.807, 2.05) is 0 Å². The number of aromatic nitrogens is 2. The number of benzene rings is 1. The molecule has 1 aliphatic heterocycles. The molecule has 1 atom stereocenters. The van der Waals surface area contributed by atoms with Crippen molar-refractivity contribution in [1.82, 2.24) is 20.4 Å². The lowest BCUT2D eigenvalue weighted by Crippen LogP contribution is -2.50. The van der Waals surface area contributed by atoms with Crippen LogP contribution >= 0.6 is 0 Å². The minimum atomic E-state index is -0.625. The Balaban J connectivity index is 1.67. The molecule has 2 heterocycles. The highest BCUT2D eigenvalue weighted by Crippen LogP contribution is 2.12. The topological polar surface area (TPSA) is 104 Å².